The average molecular weight is 913 g/mol. The second-order valence-electron chi connectivity index (χ2n) is 23.3. The van der Waals surface area contributed by atoms with Crippen LogP contribution in [0.1, 0.15) is 113 Å². The molecule has 0 aromatic rings. The van der Waals surface area contributed by atoms with Gasteiger partial charge >= 0.3 is 5.97 Å². The predicted molar refractivity (Wildman–Crippen MR) is 225 cm³/mol. The molecule has 3 saturated heterocycles. The standard InChI is InChI=1S/C47H76O17/c1-22-29(50)30(51)33(54)38(60-22)64-35-32(53)31(52)34(37(56)57)63-39(35)61-27-12-13-43(5)25(44(27,6)19-48)11-14-46(8)26(43)10-9-23-24-17-41(2,3)18-28(42(24,4)15-16-45(23,46)7)62-40-36(55)47(58,20-49)21-59-40/h9,22,24-36,38-40,48-55,58H,10-21H2,1-8H3,(H,56,57)/t22-,24+,25+,26+,27-,28+,29-,30+,31-,32-,33+,34-,35+,36+,38-,39+,40+,42+,43-,44+,45+,46+,47+/m0/s1. The molecule has 4 saturated carbocycles. The zero-order valence-corrected chi connectivity index (χ0v) is 38.7. The van der Waals surface area contributed by atoms with Crippen LogP contribution in [0.15, 0.2) is 11.6 Å². The Hall–Kier alpha value is -1.39. The summed E-state index contributed by atoms with van der Waals surface area (Å²) in [5.74, 6) is -1.16. The van der Waals surface area contributed by atoms with Gasteiger partial charge in [0.15, 0.2) is 25.0 Å². The molecule has 0 aromatic heterocycles. The van der Waals surface area contributed by atoms with Gasteiger partial charge in [0, 0.05) is 10.8 Å². The molecule has 0 unspecified atom stereocenters. The Morgan fingerprint density at radius 1 is 0.719 bits per heavy atom. The fourth-order valence-corrected chi connectivity index (χ4v) is 14.9. The molecule has 23 atom stereocenters. The van der Waals surface area contributed by atoms with E-state index in [2.05, 4.69) is 47.6 Å². The molecule has 3 heterocycles. The molecule has 366 valence electrons. The van der Waals surface area contributed by atoms with Gasteiger partial charge in [0.05, 0.1) is 38.1 Å². The molecule has 0 amide bonds. The number of hydrogen-bond acceptors (Lipinski definition) is 16. The summed E-state index contributed by atoms with van der Waals surface area (Å²) in [6.45, 7) is 16.4. The first-order valence-corrected chi connectivity index (χ1v) is 23.6. The highest BCUT2D eigenvalue weighted by molar-refractivity contribution is 5.73. The van der Waals surface area contributed by atoms with Gasteiger partial charge in [-0.25, -0.2) is 4.79 Å². The Labute approximate surface area is 376 Å². The number of carboxylic acid groups (broad SMARTS) is 1. The molecule has 0 radical (unpaired) electrons. The van der Waals surface area contributed by atoms with E-state index in [0.717, 1.165) is 44.9 Å². The highest BCUT2D eigenvalue weighted by Gasteiger charge is 2.70. The minimum absolute atomic E-state index is 0.0502. The largest absolute Gasteiger partial charge is 0.479 e. The molecule has 0 aromatic carbocycles. The quantitative estimate of drug-likeness (QED) is 0.116. The SMILES string of the molecule is C[C@@H]1O[C@@H](O[C@H]2[C@H](O[C@H]3CC[C@@]4(C)[C@@H](CC[C@]5(C)[C@@H]4CC=C4[C@H]6CC(C)(C)C[C@@H](O[C@H]7OC[C@](O)(CO)[C@@H]7O)[C@]6(C)CC[C@]45C)[C@@]3(C)CO)O[C@H](C(=O)O)[C@@H](O)[C@@H]2O)[C@H](O)[C@H](O)[C@H]1O. The van der Waals surface area contributed by atoms with Crippen molar-refractivity contribution >= 4 is 5.97 Å². The fraction of sp³-hybridized carbons (Fsp3) is 0.936. The van der Waals surface area contributed by atoms with E-state index >= 15 is 0 Å². The summed E-state index contributed by atoms with van der Waals surface area (Å²) in [5.41, 5.74) is -2.10. The summed E-state index contributed by atoms with van der Waals surface area (Å²) >= 11 is 0. The number of aliphatic carboxylic acids is 1. The number of rotatable bonds is 9. The molecule has 17 heteroatoms. The van der Waals surface area contributed by atoms with Crippen LogP contribution in [0.4, 0.5) is 0 Å². The summed E-state index contributed by atoms with van der Waals surface area (Å²) in [4.78, 5) is 12.3. The Morgan fingerprint density at radius 3 is 2.05 bits per heavy atom. The molecule has 64 heavy (non-hydrogen) atoms. The van der Waals surface area contributed by atoms with E-state index in [9.17, 15) is 55.9 Å². The van der Waals surface area contributed by atoms with E-state index in [1.54, 1.807) is 0 Å². The molecule has 8 rings (SSSR count). The zero-order chi connectivity index (χ0) is 46.9. The van der Waals surface area contributed by atoms with Crippen molar-refractivity contribution in [3.63, 3.8) is 0 Å². The number of hydrogen-bond donors (Lipinski definition) is 10. The fourth-order valence-electron chi connectivity index (χ4n) is 14.9. The number of ether oxygens (including phenoxy) is 6. The second kappa shape index (κ2) is 16.6. The average Bonchev–Trinajstić information content (AvgIpc) is 3.52. The zero-order valence-electron chi connectivity index (χ0n) is 38.7. The Morgan fingerprint density at radius 2 is 1.41 bits per heavy atom. The van der Waals surface area contributed by atoms with Gasteiger partial charge in [-0.2, -0.15) is 0 Å². The minimum atomic E-state index is -1.95. The van der Waals surface area contributed by atoms with E-state index in [-0.39, 0.29) is 64.1 Å². The lowest BCUT2D eigenvalue weighted by Gasteiger charge is -2.72. The van der Waals surface area contributed by atoms with Crippen molar-refractivity contribution in [1.29, 1.82) is 0 Å². The van der Waals surface area contributed by atoms with Crippen LogP contribution in [0.3, 0.4) is 0 Å². The molecule has 0 bridgehead atoms. The van der Waals surface area contributed by atoms with Crippen LogP contribution in [-0.4, -0.2) is 168 Å². The smallest absolute Gasteiger partial charge is 0.335 e. The van der Waals surface area contributed by atoms with E-state index in [1.165, 1.54) is 12.5 Å². The highest BCUT2D eigenvalue weighted by atomic mass is 16.8. The normalized spacial score (nSPS) is 56.0. The van der Waals surface area contributed by atoms with Crippen molar-refractivity contribution in [2.45, 2.75) is 205 Å². The maximum Gasteiger partial charge on any atom is 0.335 e. The van der Waals surface area contributed by atoms with Crippen LogP contribution < -0.4 is 0 Å². The molecule has 8 aliphatic rings. The van der Waals surface area contributed by atoms with Crippen molar-refractivity contribution < 1.29 is 84.3 Å². The highest BCUT2D eigenvalue weighted by Crippen LogP contribution is 2.76. The Kier molecular flexibility index (Phi) is 12.8. The number of fused-ring (bicyclic) bond motifs is 7. The van der Waals surface area contributed by atoms with Crippen molar-refractivity contribution in [3.05, 3.63) is 11.6 Å². The van der Waals surface area contributed by atoms with E-state index < -0.39 is 104 Å². The van der Waals surface area contributed by atoms with E-state index in [0.29, 0.717) is 12.8 Å². The third-order valence-corrected chi connectivity index (χ3v) is 19.2. The van der Waals surface area contributed by atoms with E-state index in [1.807, 2.05) is 6.92 Å². The van der Waals surface area contributed by atoms with Gasteiger partial charge < -0.3 is 79.5 Å². The van der Waals surface area contributed by atoms with Crippen LogP contribution in [-0.2, 0) is 33.2 Å². The van der Waals surface area contributed by atoms with Gasteiger partial charge in [0.2, 0.25) is 0 Å². The van der Waals surface area contributed by atoms with Gasteiger partial charge in [0.25, 0.3) is 0 Å². The van der Waals surface area contributed by atoms with Crippen LogP contribution in [0.5, 0.6) is 0 Å². The topological polar surface area (TPSA) is 275 Å². The Bertz CT molecular complexity index is 1780. The lowest BCUT2D eigenvalue weighted by atomic mass is 9.33. The summed E-state index contributed by atoms with van der Waals surface area (Å²) in [7, 11) is 0. The van der Waals surface area contributed by atoms with Crippen LogP contribution in [0.2, 0.25) is 0 Å². The predicted octanol–water partition coefficient (Wildman–Crippen LogP) is 1.35. The summed E-state index contributed by atoms with van der Waals surface area (Å²) in [5, 5.41) is 107. The maximum absolute atomic E-state index is 12.3. The Balaban J connectivity index is 1.06. The van der Waals surface area contributed by atoms with Crippen molar-refractivity contribution in [1.82, 2.24) is 0 Å². The van der Waals surface area contributed by atoms with Gasteiger partial charge in [0.1, 0.15) is 48.3 Å². The van der Waals surface area contributed by atoms with Gasteiger partial charge in [-0.1, -0.05) is 60.1 Å². The second-order valence-corrected chi connectivity index (χ2v) is 23.3. The number of aliphatic hydroxyl groups excluding tert-OH is 8. The van der Waals surface area contributed by atoms with Crippen molar-refractivity contribution in [3.8, 4) is 0 Å². The maximum atomic E-state index is 12.3. The molecule has 5 aliphatic carbocycles. The van der Waals surface area contributed by atoms with Gasteiger partial charge in [-0.15, -0.1) is 0 Å². The number of carbonyl (C=O) groups is 1. The first kappa shape index (κ1) is 49.0. The van der Waals surface area contributed by atoms with Crippen molar-refractivity contribution in [2.24, 2.45) is 50.2 Å². The third-order valence-electron chi connectivity index (χ3n) is 19.2. The third kappa shape index (κ3) is 7.31. The molecule has 17 nitrogen and oxygen atoms in total. The van der Waals surface area contributed by atoms with Crippen LogP contribution in [0, 0.1) is 50.2 Å². The van der Waals surface area contributed by atoms with Gasteiger partial charge in [-0.05, 0) is 104 Å². The lowest BCUT2D eigenvalue weighted by Crippen LogP contribution is -2.68. The molecule has 10 N–H and O–H groups in total. The number of allylic oxidation sites excluding steroid dienone is 2. The number of carboxylic acids is 1. The van der Waals surface area contributed by atoms with Crippen LogP contribution >= 0.6 is 0 Å². The number of aliphatic hydroxyl groups is 9. The minimum Gasteiger partial charge on any atom is -0.479 e. The molecule has 7 fully saturated rings. The summed E-state index contributed by atoms with van der Waals surface area (Å²) < 4.78 is 36.6. The first-order chi connectivity index (χ1) is 29.7. The summed E-state index contributed by atoms with van der Waals surface area (Å²) in [6, 6.07) is 0. The van der Waals surface area contributed by atoms with Crippen molar-refractivity contribution in [2.75, 3.05) is 19.8 Å². The van der Waals surface area contributed by atoms with Gasteiger partial charge in [-0.3, -0.25) is 0 Å². The molecular weight excluding hydrogens is 837 g/mol. The molecule has 0 spiro atoms. The molecule has 3 aliphatic heterocycles. The lowest BCUT2D eigenvalue weighted by molar-refractivity contribution is -0.373. The first-order valence-electron chi connectivity index (χ1n) is 23.6. The summed E-state index contributed by atoms with van der Waals surface area (Å²) in [6.07, 6.45) is -10.1. The monoisotopic (exact) mass is 913 g/mol. The van der Waals surface area contributed by atoms with Crippen LogP contribution in [0.25, 0.3) is 0 Å². The molecular formula is C47H76O17. The van der Waals surface area contributed by atoms with E-state index in [4.69, 9.17) is 28.4 Å².